The topological polar surface area (TPSA) is 26.0 Å². The smallest absolute Gasteiger partial charge is 0.129 e. The molecule has 0 aromatic heterocycles. The zero-order chi connectivity index (χ0) is 11.3. The van der Waals surface area contributed by atoms with Crippen LogP contribution in [0.15, 0.2) is 23.1 Å². The van der Waals surface area contributed by atoms with E-state index in [0.717, 1.165) is 23.5 Å². The van der Waals surface area contributed by atoms with E-state index in [2.05, 4.69) is 13.8 Å². The highest BCUT2D eigenvalue weighted by Crippen LogP contribution is 2.30. The van der Waals surface area contributed by atoms with Gasteiger partial charge in [0.15, 0.2) is 0 Å². The van der Waals surface area contributed by atoms with Gasteiger partial charge < -0.3 is 5.73 Å². The quantitative estimate of drug-likeness (QED) is 0.775. The van der Waals surface area contributed by atoms with Crippen molar-refractivity contribution in [2.75, 3.05) is 5.75 Å². The Labute approximate surface area is 95.2 Å². The lowest BCUT2D eigenvalue weighted by atomic mass is 10.0. The van der Waals surface area contributed by atoms with Crippen LogP contribution in [0.1, 0.15) is 38.3 Å². The Morgan fingerprint density at radius 3 is 2.73 bits per heavy atom. The van der Waals surface area contributed by atoms with E-state index in [0.29, 0.717) is 5.56 Å². The zero-order valence-corrected chi connectivity index (χ0v) is 10.1. The minimum absolute atomic E-state index is 0.172. The van der Waals surface area contributed by atoms with Crippen molar-refractivity contribution in [1.29, 1.82) is 0 Å². The molecule has 0 unspecified atom stereocenters. The molecule has 84 valence electrons. The molecule has 1 rings (SSSR count). The maximum absolute atomic E-state index is 13.7. The van der Waals surface area contributed by atoms with E-state index in [1.807, 2.05) is 6.07 Å². The van der Waals surface area contributed by atoms with Crippen LogP contribution in [0.25, 0.3) is 0 Å². The van der Waals surface area contributed by atoms with Gasteiger partial charge >= 0.3 is 0 Å². The first-order chi connectivity index (χ1) is 7.20. The molecule has 1 aromatic carbocycles. The van der Waals surface area contributed by atoms with Gasteiger partial charge in [0.2, 0.25) is 0 Å². The lowest BCUT2D eigenvalue weighted by Gasteiger charge is -2.15. The van der Waals surface area contributed by atoms with Crippen molar-refractivity contribution in [3.05, 3.63) is 29.6 Å². The van der Waals surface area contributed by atoms with E-state index in [-0.39, 0.29) is 11.9 Å². The Morgan fingerprint density at radius 2 is 2.13 bits per heavy atom. The second kappa shape index (κ2) is 6.13. The van der Waals surface area contributed by atoms with Crippen LogP contribution in [0.5, 0.6) is 0 Å². The van der Waals surface area contributed by atoms with E-state index in [1.54, 1.807) is 17.8 Å². The Morgan fingerprint density at radius 1 is 1.40 bits per heavy atom. The highest BCUT2D eigenvalue weighted by atomic mass is 32.2. The molecule has 0 aliphatic carbocycles. The monoisotopic (exact) mass is 227 g/mol. The Bertz CT molecular complexity index is 314. The fraction of sp³-hybridized carbons (Fsp3) is 0.500. The van der Waals surface area contributed by atoms with Crippen LogP contribution >= 0.6 is 11.8 Å². The van der Waals surface area contributed by atoms with E-state index in [1.165, 1.54) is 6.07 Å². The molecule has 0 bridgehead atoms. The summed E-state index contributed by atoms with van der Waals surface area (Å²) in [5.41, 5.74) is 6.67. The van der Waals surface area contributed by atoms with E-state index < -0.39 is 0 Å². The maximum atomic E-state index is 13.7. The third-order valence-corrected chi connectivity index (χ3v) is 3.24. The summed E-state index contributed by atoms with van der Waals surface area (Å²) in [7, 11) is 0. The first kappa shape index (κ1) is 12.5. The third kappa shape index (κ3) is 3.21. The molecule has 0 fully saturated rings. The minimum Gasteiger partial charge on any atom is -0.324 e. The summed E-state index contributed by atoms with van der Waals surface area (Å²) in [5, 5.41) is 0. The maximum Gasteiger partial charge on any atom is 0.129 e. The van der Waals surface area contributed by atoms with Crippen molar-refractivity contribution >= 4 is 11.8 Å². The summed E-state index contributed by atoms with van der Waals surface area (Å²) < 4.78 is 13.7. The molecule has 1 aromatic rings. The van der Waals surface area contributed by atoms with Gasteiger partial charge in [0.1, 0.15) is 5.82 Å². The molecule has 3 heteroatoms. The third-order valence-electron chi connectivity index (χ3n) is 2.28. The van der Waals surface area contributed by atoms with E-state index >= 15 is 0 Å². The number of halogens is 1. The predicted molar refractivity (Wildman–Crippen MR) is 64.6 cm³/mol. The molecule has 0 aliphatic rings. The van der Waals surface area contributed by atoms with Crippen LogP contribution in [0.2, 0.25) is 0 Å². The largest absolute Gasteiger partial charge is 0.324 e. The van der Waals surface area contributed by atoms with Gasteiger partial charge in [0.25, 0.3) is 0 Å². The summed E-state index contributed by atoms with van der Waals surface area (Å²) in [5.74, 6) is 0.768. The summed E-state index contributed by atoms with van der Waals surface area (Å²) in [6, 6.07) is 5.01. The van der Waals surface area contributed by atoms with Gasteiger partial charge in [-0.2, -0.15) is 0 Å². The van der Waals surface area contributed by atoms with Crippen molar-refractivity contribution in [3.8, 4) is 0 Å². The molecule has 0 spiro atoms. The SMILES string of the molecule is CCC[C@@H](N)c1c(F)cccc1SCC. The van der Waals surface area contributed by atoms with Gasteiger partial charge in [-0.15, -0.1) is 11.8 Å². The number of hydrogen-bond acceptors (Lipinski definition) is 2. The van der Waals surface area contributed by atoms with Gasteiger partial charge in [-0.25, -0.2) is 4.39 Å². The van der Waals surface area contributed by atoms with Crippen LogP contribution in [0.3, 0.4) is 0 Å². The predicted octanol–water partition coefficient (Wildman–Crippen LogP) is 3.74. The van der Waals surface area contributed by atoms with Gasteiger partial charge in [0.05, 0.1) is 0 Å². The van der Waals surface area contributed by atoms with E-state index in [4.69, 9.17) is 5.73 Å². The zero-order valence-electron chi connectivity index (χ0n) is 9.29. The highest BCUT2D eigenvalue weighted by molar-refractivity contribution is 7.99. The standard InChI is InChI=1S/C12H18FNS/c1-3-6-10(14)12-9(13)7-5-8-11(12)15-4-2/h5,7-8,10H,3-4,6,14H2,1-2H3/t10-/m1/s1. The number of benzene rings is 1. The Kier molecular flexibility index (Phi) is 5.12. The van der Waals surface area contributed by atoms with Crippen LogP contribution in [0.4, 0.5) is 4.39 Å². The number of thioether (sulfide) groups is 1. The summed E-state index contributed by atoms with van der Waals surface area (Å²) in [4.78, 5) is 0.985. The van der Waals surface area contributed by atoms with Crippen molar-refractivity contribution < 1.29 is 4.39 Å². The summed E-state index contributed by atoms with van der Waals surface area (Å²) in [6.07, 6.45) is 1.81. The van der Waals surface area contributed by atoms with Crippen molar-refractivity contribution in [1.82, 2.24) is 0 Å². The molecule has 0 aliphatic heterocycles. The molecule has 0 heterocycles. The van der Waals surface area contributed by atoms with Gasteiger partial charge in [0, 0.05) is 16.5 Å². The molecule has 15 heavy (non-hydrogen) atoms. The number of rotatable bonds is 5. The molecule has 0 saturated carbocycles. The highest BCUT2D eigenvalue weighted by Gasteiger charge is 2.14. The average molecular weight is 227 g/mol. The van der Waals surface area contributed by atoms with Crippen LogP contribution in [0, 0.1) is 5.82 Å². The van der Waals surface area contributed by atoms with Gasteiger partial charge in [-0.1, -0.05) is 26.3 Å². The second-order valence-electron chi connectivity index (χ2n) is 3.48. The molecular weight excluding hydrogens is 209 g/mol. The normalized spacial score (nSPS) is 12.8. The van der Waals surface area contributed by atoms with Crippen molar-refractivity contribution in [2.24, 2.45) is 5.73 Å². The molecular formula is C12H18FNS. The molecule has 1 atom stereocenters. The summed E-state index contributed by atoms with van der Waals surface area (Å²) in [6.45, 7) is 4.12. The van der Waals surface area contributed by atoms with Crippen LogP contribution in [-0.2, 0) is 0 Å². The van der Waals surface area contributed by atoms with Crippen LogP contribution < -0.4 is 5.73 Å². The minimum atomic E-state index is -0.176. The molecule has 2 N–H and O–H groups in total. The summed E-state index contributed by atoms with van der Waals surface area (Å²) >= 11 is 1.65. The Balaban J connectivity index is 3.00. The first-order valence-corrected chi connectivity index (χ1v) is 6.36. The molecule has 0 amide bonds. The second-order valence-corrected chi connectivity index (χ2v) is 4.79. The average Bonchev–Trinajstić information content (AvgIpc) is 2.18. The molecule has 0 saturated heterocycles. The van der Waals surface area contributed by atoms with Crippen molar-refractivity contribution in [3.63, 3.8) is 0 Å². The van der Waals surface area contributed by atoms with Gasteiger partial charge in [-0.05, 0) is 24.3 Å². The van der Waals surface area contributed by atoms with Crippen molar-refractivity contribution in [2.45, 2.75) is 37.6 Å². The first-order valence-electron chi connectivity index (χ1n) is 5.37. The fourth-order valence-electron chi connectivity index (χ4n) is 1.61. The molecule has 0 radical (unpaired) electrons. The fourth-order valence-corrected chi connectivity index (χ4v) is 2.50. The van der Waals surface area contributed by atoms with Gasteiger partial charge in [-0.3, -0.25) is 0 Å². The van der Waals surface area contributed by atoms with Crippen LogP contribution in [-0.4, -0.2) is 5.75 Å². The number of hydrogen-bond donors (Lipinski definition) is 1. The Hall–Kier alpha value is -0.540. The number of nitrogens with two attached hydrogens (primary N) is 1. The lowest BCUT2D eigenvalue weighted by molar-refractivity contribution is 0.550. The van der Waals surface area contributed by atoms with E-state index in [9.17, 15) is 4.39 Å². The lowest BCUT2D eigenvalue weighted by Crippen LogP contribution is -2.13. The molecule has 1 nitrogen and oxygen atoms in total.